The van der Waals surface area contributed by atoms with E-state index < -0.39 is 0 Å². The van der Waals surface area contributed by atoms with Gasteiger partial charge in [0.1, 0.15) is 17.3 Å². The quantitative estimate of drug-likeness (QED) is 0.443. The van der Waals surface area contributed by atoms with Crippen LogP contribution >= 0.6 is 0 Å². The van der Waals surface area contributed by atoms with Crippen molar-refractivity contribution in [1.82, 2.24) is 15.1 Å². The predicted octanol–water partition coefficient (Wildman–Crippen LogP) is 5.05. The van der Waals surface area contributed by atoms with E-state index in [1.807, 2.05) is 25.1 Å². The molecule has 0 radical (unpaired) electrons. The molecule has 3 aromatic carbocycles. The van der Waals surface area contributed by atoms with E-state index in [1.165, 1.54) is 12.1 Å². The second-order valence-corrected chi connectivity index (χ2v) is 7.40. The zero-order valence-corrected chi connectivity index (χ0v) is 18.2. The SMILES string of the molecule is CCOc1cc(C(=O)N(C)Cc2ccc(OC)c3cn[nH]c23)ccc1-c1cccc(F)c1. The fourth-order valence-electron chi connectivity index (χ4n) is 3.75. The third-order valence-corrected chi connectivity index (χ3v) is 5.30. The Morgan fingerprint density at radius 3 is 2.72 bits per heavy atom. The first kappa shape index (κ1) is 21.4. The average Bonchev–Trinajstić information content (AvgIpc) is 3.29. The van der Waals surface area contributed by atoms with Crippen molar-refractivity contribution in [2.45, 2.75) is 13.5 Å². The lowest BCUT2D eigenvalue weighted by atomic mass is 10.0. The van der Waals surface area contributed by atoms with Crippen molar-refractivity contribution in [1.29, 1.82) is 0 Å². The minimum atomic E-state index is -0.325. The van der Waals surface area contributed by atoms with Crippen LogP contribution in [0.2, 0.25) is 0 Å². The smallest absolute Gasteiger partial charge is 0.254 e. The van der Waals surface area contributed by atoms with Crippen LogP contribution in [0.4, 0.5) is 4.39 Å². The molecule has 0 bridgehead atoms. The first-order valence-electron chi connectivity index (χ1n) is 10.3. The zero-order valence-electron chi connectivity index (χ0n) is 18.2. The molecule has 0 aliphatic carbocycles. The van der Waals surface area contributed by atoms with E-state index in [-0.39, 0.29) is 11.7 Å². The second kappa shape index (κ2) is 9.09. The number of rotatable bonds is 7. The fourth-order valence-corrected chi connectivity index (χ4v) is 3.75. The highest BCUT2D eigenvalue weighted by molar-refractivity contribution is 5.96. The van der Waals surface area contributed by atoms with Crippen LogP contribution in [0.3, 0.4) is 0 Å². The molecule has 4 rings (SSSR count). The predicted molar refractivity (Wildman–Crippen MR) is 121 cm³/mol. The van der Waals surface area contributed by atoms with Crippen LogP contribution in [0.25, 0.3) is 22.0 Å². The normalized spacial score (nSPS) is 10.9. The van der Waals surface area contributed by atoms with Crippen LogP contribution in [-0.2, 0) is 6.54 Å². The molecule has 0 spiro atoms. The number of hydrogen-bond donors (Lipinski definition) is 1. The molecule has 0 atom stereocenters. The summed E-state index contributed by atoms with van der Waals surface area (Å²) in [7, 11) is 3.36. The Morgan fingerprint density at radius 1 is 1.12 bits per heavy atom. The molecule has 0 unspecified atom stereocenters. The largest absolute Gasteiger partial charge is 0.496 e. The topological polar surface area (TPSA) is 67.4 Å². The van der Waals surface area contributed by atoms with Crippen molar-refractivity contribution < 1.29 is 18.7 Å². The van der Waals surface area contributed by atoms with E-state index in [1.54, 1.807) is 49.5 Å². The Balaban J connectivity index is 1.61. The molecule has 1 heterocycles. The van der Waals surface area contributed by atoms with Gasteiger partial charge in [0.2, 0.25) is 0 Å². The van der Waals surface area contributed by atoms with Crippen molar-refractivity contribution in [2.24, 2.45) is 0 Å². The number of benzene rings is 3. The number of H-pyrrole nitrogens is 1. The van der Waals surface area contributed by atoms with Crippen molar-refractivity contribution in [2.75, 3.05) is 20.8 Å². The van der Waals surface area contributed by atoms with Crippen molar-refractivity contribution in [3.05, 3.63) is 77.7 Å². The molecule has 1 N–H and O–H groups in total. The van der Waals surface area contributed by atoms with E-state index in [4.69, 9.17) is 9.47 Å². The number of amides is 1. The molecule has 0 aliphatic rings. The highest BCUT2D eigenvalue weighted by Gasteiger charge is 2.18. The standard InChI is InChI=1S/C25H24FN3O3/c1-4-32-23-13-17(8-10-20(23)16-6-5-7-19(26)12-16)25(30)29(2)15-18-9-11-22(31-3)21-14-27-28-24(18)21/h5-14H,4,15H2,1-3H3,(H,27,28). The molecule has 164 valence electrons. The van der Waals surface area contributed by atoms with Gasteiger partial charge in [0.15, 0.2) is 0 Å². The second-order valence-electron chi connectivity index (χ2n) is 7.40. The maximum absolute atomic E-state index is 13.7. The summed E-state index contributed by atoms with van der Waals surface area (Å²) < 4.78 is 24.9. The third-order valence-electron chi connectivity index (χ3n) is 5.30. The van der Waals surface area contributed by atoms with Gasteiger partial charge >= 0.3 is 0 Å². The number of fused-ring (bicyclic) bond motifs is 1. The van der Waals surface area contributed by atoms with Gasteiger partial charge in [-0.3, -0.25) is 9.89 Å². The lowest BCUT2D eigenvalue weighted by Crippen LogP contribution is -2.26. The van der Waals surface area contributed by atoms with E-state index in [0.717, 1.165) is 27.8 Å². The molecule has 0 saturated carbocycles. The Labute approximate surface area is 185 Å². The van der Waals surface area contributed by atoms with E-state index in [9.17, 15) is 9.18 Å². The van der Waals surface area contributed by atoms with Gasteiger partial charge in [-0.05, 0) is 54.4 Å². The van der Waals surface area contributed by atoms with Crippen LogP contribution in [-0.4, -0.2) is 41.8 Å². The number of hydrogen-bond acceptors (Lipinski definition) is 4. The Hall–Kier alpha value is -3.87. The van der Waals surface area contributed by atoms with Gasteiger partial charge in [-0.25, -0.2) is 4.39 Å². The number of aromatic nitrogens is 2. The van der Waals surface area contributed by atoms with Gasteiger partial charge in [0, 0.05) is 24.7 Å². The molecule has 0 aliphatic heterocycles. The lowest BCUT2D eigenvalue weighted by Gasteiger charge is -2.19. The number of methoxy groups -OCH3 is 1. The first-order chi connectivity index (χ1) is 15.5. The van der Waals surface area contributed by atoms with Gasteiger partial charge in [0.25, 0.3) is 5.91 Å². The van der Waals surface area contributed by atoms with E-state index in [2.05, 4.69) is 10.2 Å². The van der Waals surface area contributed by atoms with Crippen LogP contribution in [0.1, 0.15) is 22.8 Å². The monoisotopic (exact) mass is 433 g/mol. The van der Waals surface area contributed by atoms with Crippen LogP contribution in [0.15, 0.2) is 60.8 Å². The van der Waals surface area contributed by atoms with E-state index >= 15 is 0 Å². The Bertz CT molecular complexity index is 1270. The molecule has 0 fully saturated rings. The highest BCUT2D eigenvalue weighted by atomic mass is 19.1. The maximum atomic E-state index is 13.7. The molecule has 1 aromatic heterocycles. The van der Waals surface area contributed by atoms with Gasteiger partial charge in [-0.2, -0.15) is 5.10 Å². The number of aromatic amines is 1. The zero-order chi connectivity index (χ0) is 22.7. The van der Waals surface area contributed by atoms with Gasteiger partial charge in [0.05, 0.1) is 30.8 Å². The summed E-state index contributed by atoms with van der Waals surface area (Å²) >= 11 is 0. The molecule has 7 heteroatoms. The number of ether oxygens (including phenoxy) is 2. The third kappa shape index (κ3) is 4.14. The lowest BCUT2D eigenvalue weighted by molar-refractivity contribution is 0.0785. The molecule has 6 nitrogen and oxygen atoms in total. The van der Waals surface area contributed by atoms with Crippen LogP contribution in [0, 0.1) is 5.82 Å². The highest BCUT2D eigenvalue weighted by Crippen LogP contribution is 2.32. The summed E-state index contributed by atoms with van der Waals surface area (Å²) in [5.74, 6) is 0.785. The van der Waals surface area contributed by atoms with Gasteiger partial charge in [-0.1, -0.05) is 18.2 Å². The van der Waals surface area contributed by atoms with Gasteiger partial charge in [-0.15, -0.1) is 0 Å². The van der Waals surface area contributed by atoms with Crippen molar-refractivity contribution in [3.8, 4) is 22.6 Å². The van der Waals surface area contributed by atoms with Crippen molar-refractivity contribution in [3.63, 3.8) is 0 Å². The summed E-state index contributed by atoms with van der Waals surface area (Å²) in [5.41, 5.74) is 3.68. The number of carbonyl (C=O) groups is 1. The molecule has 32 heavy (non-hydrogen) atoms. The summed E-state index contributed by atoms with van der Waals surface area (Å²) in [6, 6.07) is 15.3. The first-order valence-corrected chi connectivity index (χ1v) is 10.3. The number of carbonyl (C=O) groups excluding carboxylic acids is 1. The van der Waals surface area contributed by atoms with Crippen LogP contribution in [0.5, 0.6) is 11.5 Å². The minimum absolute atomic E-state index is 0.153. The number of nitrogens with one attached hydrogen (secondary N) is 1. The average molecular weight is 433 g/mol. The molecular formula is C25H24FN3O3. The molecule has 1 amide bonds. The summed E-state index contributed by atoms with van der Waals surface area (Å²) in [6.45, 7) is 2.69. The fraction of sp³-hybridized carbons (Fsp3) is 0.200. The number of halogens is 1. The number of nitrogens with zero attached hydrogens (tertiary/aromatic N) is 2. The molecular weight excluding hydrogens is 409 g/mol. The summed E-state index contributed by atoms with van der Waals surface area (Å²) in [5, 5.41) is 7.96. The summed E-state index contributed by atoms with van der Waals surface area (Å²) in [4.78, 5) is 14.8. The van der Waals surface area contributed by atoms with Crippen LogP contribution < -0.4 is 9.47 Å². The molecule has 4 aromatic rings. The Morgan fingerprint density at radius 2 is 1.97 bits per heavy atom. The minimum Gasteiger partial charge on any atom is -0.496 e. The molecule has 0 saturated heterocycles. The Kier molecular flexibility index (Phi) is 6.07. The van der Waals surface area contributed by atoms with Gasteiger partial charge < -0.3 is 14.4 Å². The van der Waals surface area contributed by atoms with E-state index in [0.29, 0.717) is 30.0 Å². The van der Waals surface area contributed by atoms with Crippen molar-refractivity contribution >= 4 is 16.8 Å². The summed E-state index contributed by atoms with van der Waals surface area (Å²) in [6.07, 6.45) is 1.71. The maximum Gasteiger partial charge on any atom is 0.254 e.